The molecule has 0 fully saturated rings. The van der Waals surface area contributed by atoms with Gasteiger partial charge in [0.1, 0.15) is 11.4 Å². The molecule has 0 atom stereocenters. The molecule has 0 aliphatic rings. The van der Waals surface area contributed by atoms with E-state index in [1.165, 1.54) is 0 Å². The van der Waals surface area contributed by atoms with Crippen molar-refractivity contribution in [2.75, 3.05) is 17.7 Å². The molecule has 2 aromatic carbocycles. The number of carbonyl (C=O) groups excluding carboxylic acids is 1. The Labute approximate surface area is 147 Å². The zero-order valence-electron chi connectivity index (χ0n) is 14.7. The van der Waals surface area contributed by atoms with E-state index in [1.54, 1.807) is 51.1 Å². The largest absolute Gasteiger partial charge is 0.455 e. The summed E-state index contributed by atoms with van der Waals surface area (Å²) in [5.41, 5.74) is 7.36. The number of ether oxygens (including phenoxy) is 2. The summed E-state index contributed by atoms with van der Waals surface area (Å²) in [6.07, 6.45) is 0.0501. The van der Waals surface area contributed by atoms with Crippen LogP contribution in [-0.2, 0) is 11.2 Å². The third-order valence-electron chi connectivity index (χ3n) is 3.21. The lowest BCUT2D eigenvalue weighted by atomic mass is 10.1. The molecule has 2 rings (SSSR count). The van der Waals surface area contributed by atoms with Crippen molar-refractivity contribution in [3.8, 4) is 11.5 Å². The normalized spacial score (nSPS) is 11.0. The van der Waals surface area contributed by atoms with E-state index in [2.05, 4.69) is 5.32 Å². The first-order chi connectivity index (χ1) is 11.8. The molecule has 1 amide bonds. The Kier molecular flexibility index (Phi) is 5.88. The highest BCUT2D eigenvalue weighted by Gasteiger charge is 2.16. The first-order valence-corrected chi connectivity index (χ1v) is 8.04. The van der Waals surface area contributed by atoms with Crippen LogP contribution < -0.4 is 15.8 Å². The monoisotopic (exact) mass is 344 g/mol. The van der Waals surface area contributed by atoms with Crippen LogP contribution in [-0.4, -0.2) is 23.4 Å². The molecule has 0 unspecified atom stereocenters. The number of anilines is 2. The van der Waals surface area contributed by atoms with Crippen LogP contribution in [0.2, 0.25) is 0 Å². The van der Waals surface area contributed by atoms with E-state index in [9.17, 15) is 4.79 Å². The molecule has 0 bridgehead atoms. The van der Waals surface area contributed by atoms with Gasteiger partial charge in [0.15, 0.2) is 5.75 Å². The summed E-state index contributed by atoms with van der Waals surface area (Å²) in [4.78, 5) is 11.9. The lowest BCUT2D eigenvalue weighted by Gasteiger charge is -2.20. The van der Waals surface area contributed by atoms with Crippen molar-refractivity contribution in [1.29, 1.82) is 0 Å². The van der Waals surface area contributed by atoms with Gasteiger partial charge < -0.3 is 20.3 Å². The topological polar surface area (TPSA) is 93.8 Å². The minimum atomic E-state index is -0.576. The highest BCUT2D eigenvalue weighted by atomic mass is 16.6. The molecule has 0 spiro atoms. The van der Waals surface area contributed by atoms with Gasteiger partial charge in [-0.15, -0.1) is 0 Å². The smallest absolute Gasteiger partial charge is 0.412 e. The summed E-state index contributed by atoms with van der Waals surface area (Å²) in [7, 11) is 0. The van der Waals surface area contributed by atoms with Crippen LogP contribution in [0.25, 0.3) is 0 Å². The third-order valence-corrected chi connectivity index (χ3v) is 3.21. The number of nitrogen functional groups attached to an aromatic ring is 1. The van der Waals surface area contributed by atoms with Crippen molar-refractivity contribution in [1.82, 2.24) is 0 Å². The minimum Gasteiger partial charge on any atom is -0.455 e. The molecule has 134 valence electrons. The van der Waals surface area contributed by atoms with Crippen molar-refractivity contribution in [2.45, 2.75) is 32.8 Å². The van der Waals surface area contributed by atoms with Crippen molar-refractivity contribution in [3.63, 3.8) is 0 Å². The van der Waals surface area contributed by atoms with E-state index < -0.39 is 11.7 Å². The first kappa shape index (κ1) is 18.6. The summed E-state index contributed by atoms with van der Waals surface area (Å²) in [6, 6.07) is 12.3. The Morgan fingerprint density at radius 1 is 1.16 bits per heavy atom. The van der Waals surface area contributed by atoms with Crippen molar-refractivity contribution < 1.29 is 19.4 Å². The van der Waals surface area contributed by atoms with Gasteiger partial charge in [0.05, 0.1) is 5.69 Å². The third kappa shape index (κ3) is 6.00. The standard InChI is InChI=1S/C19H24N2O4/c1-19(2,3)25-18(23)21-14-6-9-16(20)17(12-14)24-15-7-4-13(5-8-15)10-11-22/h4-9,12,22H,10-11,20H2,1-3H3,(H,21,23). The fourth-order valence-electron chi connectivity index (χ4n) is 2.10. The number of aliphatic hydroxyl groups is 1. The summed E-state index contributed by atoms with van der Waals surface area (Å²) in [5, 5.41) is 11.6. The van der Waals surface area contributed by atoms with Crippen LogP contribution in [0.5, 0.6) is 11.5 Å². The van der Waals surface area contributed by atoms with Gasteiger partial charge in [-0.1, -0.05) is 12.1 Å². The Hall–Kier alpha value is -2.73. The molecule has 0 aliphatic carbocycles. The molecule has 6 heteroatoms. The highest BCUT2D eigenvalue weighted by Crippen LogP contribution is 2.30. The number of hydrogen-bond acceptors (Lipinski definition) is 5. The van der Waals surface area contributed by atoms with Crippen LogP contribution in [0.15, 0.2) is 42.5 Å². The maximum absolute atomic E-state index is 11.9. The Balaban J connectivity index is 2.09. The molecule has 0 aliphatic heterocycles. The Morgan fingerprint density at radius 2 is 1.84 bits per heavy atom. The molecule has 0 heterocycles. The summed E-state index contributed by atoms with van der Waals surface area (Å²) < 4.78 is 11.0. The van der Waals surface area contributed by atoms with E-state index in [0.29, 0.717) is 29.3 Å². The summed E-state index contributed by atoms with van der Waals surface area (Å²) in [5.74, 6) is 1.05. The number of nitrogens with one attached hydrogen (secondary N) is 1. The molecule has 25 heavy (non-hydrogen) atoms. The van der Waals surface area contributed by atoms with Gasteiger partial charge >= 0.3 is 6.09 Å². The second-order valence-electron chi connectivity index (χ2n) is 6.60. The number of aliphatic hydroxyl groups excluding tert-OH is 1. The van der Waals surface area contributed by atoms with E-state index in [1.807, 2.05) is 12.1 Å². The molecule has 0 aromatic heterocycles. The molecular formula is C19H24N2O4. The number of hydrogen-bond donors (Lipinski definition) is 3. The van der Waals surface area contributed by atoms with Crippen molar-refractivity contribution in [2.24, 2.45) is 0 Å². The number of rotatable bonds is 5. The van der Waals surface area contributed by atoms with E-state index in [-0.39, 0.29) is 6.61 Å². The van der Waals surface area contributed by atoms with Gasteiger partial charge in [0.2, 0.25) is 0 Å². The van der Waals surface area contributed by atoms with Gasteiger partial charge in [0, 0.05) is 18.4 Å². The zero-order chi connectivity index (χ0) is 18.4. The lowest BCUT2D eigenvalue weighted by Crippen LogP contribution is -2.27. The highest BCUT2D eigenvalue weighted by molar-refractivity contribution is 5.85. The second-order valence-corrected chi connectivity index (χ2v) is 6.60. The van der Waals surface area contributed by atoms with Crippen LogP contribution in [0, 0.1) is 0 Å². The second kappa shape index (κ2) is 7.90. The predicted octanol–water partition coefficient (Wildman–Crippen LogP) is 3.94. The molecule has 4 N–H and O–H groups in total. The van der Waals surface area contributed by atoms with E-state index in [4.69, 9.17) is 20.3 Å². The van der Waals surface area contributed by atoms with Crippen LogP contribution in [0.1, 0.15) is 26.3 Å². The van der Waals surface area contributed by atoms with Gasteiger partial charge in [-0.2, -0.15) is 0 Å². The van der Waals surface area contributed by atoms with E-state index in [0.717, 1.165) is 5.56 Å². The molecule has 0 radical (unpaired) electrons. The SMILES string of the molecule is CC(C)(C)OC(=O)Nc1ccc(N)c(Oc2ccc(CCO)cc2)c1. The van der Waals surface area contributed by atoms with Crippen molar-refractivity contribution in [3.05, 3.63) is 48.0 Å². The fourth-order valence-corrected chi connectivity index (χ4v) is 2.10. The lowest BCUT2D eigenvalue weighted by molar-refractivity contribution is 0.0636. The van der Waals surface area contributed by atoms with Gasteiger partial charge in [-0.05, 0) is 57.0 Å². The number of carbonyl (C=O) groups is 1. The van der Waals surface area contributed by atoms with Crippen LogP contribution >= 0.6 is 0 Å². The maximum Gasteiger partial charge on any atom is 0.412 e. The van der Waals surface area contributed by atoms with E-state index >= 15 is 0 Å². The zero-order valence-corrected chi connectivity index (χ0v) is 14.7. The Morgan fingerprint density at radius 3 is 2.44 bits per heavy atom. The first-order valence-electron chi connectivity index (χ1n) is 8.04. The van der Waals surface area contributed by atoms with Crippen LogP contribution in [0.3, 0.4) is 0 Å². The molecule has 0 saturated carbocycles. The number of amides is 1. The Bertz CT molecular complexity index is 721. The quantitative estimate of drug-likeness (QED) is 0.714. The number of benzene rings is 2. The predicted molar refractivity (Wildman–Crippen MR) is 98.0 cm³/mol. The molecular weight excluding hydrogens is 320 g/mol. The average molecular weight is 344 g/mol. The average Bonchev–Trinajstić information content (AvgIpc) is 2.51. The summed E-state index contributed by atoms with van der Waals surface area (Å²) in [6.45, 7) is 5.49. The minimum absolute atomic E-state index is 0.103. The van der Waals surface area contributed by atoms with Gasteiger partial charge in [0.25, 0.3) is 0 Å². The molecule has 0 saturated heterocycles. The number of nitrogens with two attached hydrogens (primary N) is 1. The molecule has 6 nitrogen and oxygen atoms in total. The fraction of sp³-hybridized carbons (Fsp3) is 0.316. The maximum atomic E-state index is 11.9. The summed E-state index contributed by atoms with van der Waals surface area (Å²) >= 11 is 0. The molecule has 2 aromatic rings. The van der Waals surface area contributed by atoms with Gasteiger partial charge in [-0.3, -0.25) is 5.32 Å². The van der Waals surface area contributed by atoms with Gasteiger partial charge in [-0.25, -0.2) is 4.79 Å². The van der Waals surface area contributed by atoms with Crippen LogP contribution in [0.4, 0.5) is 16.2 Å². The van der Waals surface area contributed by atoms with Crippen molar-refractivity contribution >= 4 is 17.5 Å².